The number of ether oxygens (including phenoxy) is 2. The van der Waals surface area contributed by atoms with Crippen molar-refractivity contribution in [2.45, 2.75) is 40.2 Å². The third-order valence-corrected chi connectivity index (χ3v) is 3.01. The molecular formula is C20H21F5O3. The van der Waals surface area contributed by atoms with E-state index in [-0.39, 0.29) is 17.1 Å². The average Bonchev–Trinajstić information content (AvgIpc) is 3.24. The normalized spacial score (nSPS) is 13.3. The molecule has 1 aliphatic rings. The summed E-state index contributed by atoms with van der Waals surface area (Å²) in [6.07, 6.45) is -7.90. The molecule has 0 fully saturated rings. The molecule has 1 aromatic heterocycles. The number of rotatable bonds is 0. The highest BCUT2D eigenvalue weighted by Gasteiger charge is 2.43. The van der Waals surface area contributed by atoms with Gasteiger partial charge in [-0.1, -0.05) is 58.0 Å². The third-order valence-electron chi connectivity index (χ3n) is 3.01. The topological polar surface area (TPSA) is 31.6 Å². The van der Waals surface area contributed by atoms with Crippen LogP contribution in [0, 0.1) is 0 Å². The van der Waals surface area contributed by atoms with Crippen LogP contribution in [0.2, 0.25) is 0 Å². The van der Waals surface area contributed by atoms with Gasteiger partial charge in [-0.15, -0.1) is 8.78 Å². The van der Waals surface area contributed by atoms with Crippen molar-refractivity contribution >= 4 is 11.0 Å². The van der Waals surface area contributed by atoms with E-state index in [1.54, 1.807) is 30.3 Å². The summed E-state index contributed by atoms with van der Waals surface area (Å²) in [6.45, 7) is 8.00. The maximum atomic E-state index is 12.3. The summed E-state index contributed by atoms with van der Waals surface area (Å²) in [6, 6.07) is 13.4. The number of hydrogen-bond donors (Lipinski definition) is 0. The van der Waals surface area contributed by atoms with Crippen LogP contribution in [0.25, 0.3) is 11.0 Å². The number of para-hydroxylation sites is 3. The standard InChI is InChI=1S/C9H5F3O.C7H4F2O2.2C2H6/c10-9(11,12)8-5-6-3-1-2-4-7(6)13-8;8-7(9)10-5-3-1-2-4-6(5)11-7;2*1-2/h1-5H;1-4H;2*1-2H3. The first-order valence-corrected chi connectivity index (χ1v) is 8.65. The Morgan fingerprint density at radius 1 is 0.750 bits per heavy atom. The molecule has 0 radical (unpaired) electrons. The van der Waals surface area contributed by atoms with Gasteiger partial charge in [0, 0.05) is 5.39 Å². The predicted octanol–water partition coefficient (Wildman–Crippen LogP) is 7.51. The van der Waals surface area contributed by atoms with Gasteiger partial charge in [0.05, 0.1) is 0 Å². The number of benzene rings is 2. The summed E-state index contributed by atoms with van der Waals surface area (Å²) in [4.78, 5) is 0. The molecule has 0 atom stereocenters. The Bertz CT molecular complexity index is 796. The van der Waals surface area contributed by atoms with Gasteiger partial charge in [-0.2, -0.15) is 13.2 Å². The third kappa shape index (κ3) is 6.14. The molecule has 4 rings (SSSR count). The van der Waals surface area contributed by atoms with E-state index in [9.17, 15) is 22.0 Å². The molecule has 0 saturated carbocycles. The number of hydrogen-bond acceptors (Lipinski definition) is 3. The van der Waals surface area contributed by atoms with Gasteiger partial charge in [0.1, 0.15) is 5.58 Å². The van der Waals surface area contributed by atoms with Gasteiger partial charge in [-0.25, -0.2) is 0 Å². The van der Waals surface area contributed by atoms with Crippen molar-refractivity contribution in [3.63, 3.8) is 0 Å². The summed E-state index contributed by atoms with van der Waals surface area (Å²) < 4.78 is 73.9. The van der Waals surface area contributed by atoms with Crippen LogP contribution in [0.1, 0.15) is 33.5 Å². The monoisotopic (exact) mass is 404 g/mol. The van der Waals surface area contributed by atoms with Crippen LogP contribution in [-0.2, 0) is 6.18 Å². The highest BCUT2D eigenvalue weighted by molar-refractivity contribution is 5.77. The molecule has 3 nitrogen and oxygen atoms in total. The number of alkyl halides is 5. The first-order valence-electron chi connectivity index (χ1n) is 8.65. The van der Waals surface area contributed by atoms with E-state index in [2.05, 4.69) is 13.9 Å². The van der Waals surface area contributed by atoms with Gasteiger partial charge in [0.2, 0.25) is 5.76 Å². The smallest absolute Gasteiger partial charge is 0.452 e. The summed E-state index contributed by atoms with van der Waals surface area (Å²) in [5.74, 6) is -0.788. The minimum Gasteiger partial charge on any atom is -0.452 e. The van der Waals surface area contributed by atoms with E-state index in [0.717, 1.165) is 6.07 Å². The minimum atomic E-state index is -4.40. The summed E-state index contributed by atoms with van der Waals surface area (Å²) >= 11 is 0. The van der Waals surface area contributed by atoms with E-state index in [1.165, 1.54) is 18.2 Å². The fourth-order valence-corrected chi connectivity index (χ4v) is 2.02. The largest absolute Gasteiger partial charge is 0.586 e. The molecule has 0 bridgehead atoms. The van der Waals surface area contributed by atoms with E-state index in [0.29, 0.717) is 5.39 Å². The maximum Gasteiger partial charge on any atom is 0.586 e. The molecule has 3 aromatic rings. The van der Waals surface area contributed by atoms with Crippen LogP contribution in [0.5, 0.6) is 11.5 Å². The summed E-state index contributed by atoms with van der Waals surface area (Å²) in [5.41, 5.74) is 0.259. The van der Waals surface area contributed by atoms with Crippen LogP contribution >= 0.6 is 0 Å². The average molecular weight is 404 g/mol. The molecule has 2 heterocycles. The lowest BCUT2D eigenvalue weighted by Gasteiger charge is -2.04. The Labute approximate surface area is 159 Å². The Hall–Kier alpha value is -2.77. The van der Waals surface area contributed by atoms with Crippen molar-refractivity contribution in [1.29, 1.82) is 0 Å². The number of furan rings is 1. The highest BCUT2D eigenvalue weighted by Crippen LogP contribution is 2.40. The summed E-state index contributed by atoms with van der Waals surface area (Å²) in [5, 5.41) is 0.467. The van der Waals surface area contributed by atoms with Crippen LogP contribution in [0.4, 0.5) is 22.0 Å². The van der Waals surface area contributed by atoms with Crippen LogP contribution in [-0.4, -0.2) is 6.29 Å². The lowest BCUT2D eigenvalue weighted by molar-refractivity contribution is -0.286. The second kappa shape index (κ2) is 9.96. The van der Waals surface area contributed by atoms with E-state index < -0.39 is 18.2 Å². The highest BCUT2D eigenvalue weighted by atomic mass is 19.4. The molecule has 28 heavy (non-hydrogen) atoms. The predicted molar refractivity (Wildman–Crippen MR) is 96.6 cm³/mol. The van der Waals surface area contributed by atoms with E-state index >= 15 is 0 Å². The number of halogens is 5. The van der Waals surface area contributed by atoms with Crippen LogP contribution in [0.3, 0.4) is 0 Å². The van der Waals surface area contributed by atoms with Gasteiger partial charge in [-0.05, 0) is 24.3 Å². The van der Waals surface area contributed by atoms with E-state index in [4.69, 9.17) is 0 Å². The Kier molecular flexibility index (Phi) is 8.28. The first kappa shape index (κ1) is 23.3. The molecule has 154 valence electrons. The van der Waals surface area contributed by atoms with Crippen molar-refractivity contribution in [1.82, 2.24) is 0 Å². The number of fused-ring (bicyclic) bond motifs is 2. The van der Waals surface area contributed by atoms with Gasteiger partial charge in [0.25, 0.3) is 0 Å². The molecule has 0 saturated heterocycles. The Morgan fingerprint density at radius 2 is 1.21 bits per heavy atom. The van der Waals surface area contributed by atoms with Gasteiger partial charge in [0.15, 0.2) is 11.5 Å². The fraction of sp³-hybridized carbons (Fsp3) is 0.300. The Balaban J connectivity index is 0.000000240. The molecule has 0 aliphatic carbocycles. The molecule has 0 spiro atoms. The zero-order valence-electron chi connectivity index (χ0n) is 15.8. The quantitative estimate of drug-likeness (QED) is 0.363. The van der Waals surface area contributed by atoms with Crippen molar-refractivity contribution in [3.8, 4) is 11.5 Å². The van der Waals surface area contributed by atoms with Gasteiger partial charge >= 0.3 is 12.5 Å². The summed E-state index contributed by atoms with van der Waals surface area (Å²) in [7, 11) is 0. The second-order valence-corrected chi connectivity index (χ2v) is 4.76. The second-order valence-electron chi connectivity index (χ2n) is 4.76. The molecule has 1 aliphatic heterocycles. The Morgan fingerprint density at radius 3 is 1.68 bits per heavy atom. The van der Waals surface area contributed by atoms with Crippen LogP contribution in [0.15, 0.2) is 59.0 Å². The zero-order chi connectivity index (χ0) is 21.4. The fourth-order valence-electron chi connectivity index (χ4n) is 2.02. The SMILES string of the molecule is CC.CC.FC(F)(F)c1cc2ccccc2o1.FC1(F)Oc2ccccc2O1. The van der Waals surface area contributed by atoms with E-state index in [1.807, 2.05) is 27.7 Å². The molecule has 0 amide bonds. The molecule has 0 N–H and O–H groups in total. The zero-order valence-corrected chi connectivity index (χ0v) is 15.8. The lowest BCUT2D eigenvalue weighted by atomic mass is 10.2. The van der Waals surface area contributed by atoms with Gasteiger partial charge < -0.3 is 13.9 Å². The van der Waals surface area contributed by atoms with Crippen LogP contribution < -0.4 is 9.47 Å². The first-order chi connectivity index (χ1) is 13.2. The molecule has 2 aromatic carbocycles. The molecule has 0 unspecified atom stereocenters. The van der Waals surface area contributed by atoms with Crippen molar-refractivity contribution < 1.29 is 35.8 Å². The molecule has 8 heteroatoms. The molecular weight excluding hydrogens is 383 g/mol. The lowest BCUT2D eigenvalue weighted by Crippen LogP contribution is -2.25. The van der Waals surface area contributed by atoms with Crippen molar-refractivity contribution in [3.05, 3.63) is 60.4 Å². The van der Waals surface area contributed by atoms with Crippen molar-refractivity contribution in [2.24, 2.45) is 0 Å². The minimum absolute atomic E-state index is 0.0810. The maximum absolute atomic E-state index is 12.3. The van der Waals surface area contributed by atoms with Gasteiger partial charge in [-0.3, -0.25) is 0 Å². The van der Waals surface area contributed by atoms with Crippen molar-refractivity contribution in [2.75, 3.05) is 0 Å².